The van der Waals surface area contributed by atoms with Crippen LogP contribution in [-0.4, -0.2) is 23.5 Å². The van der Waals surface area contributed by atoms with Crippen LogP contribution in [0.15, 0.2) is 53.4 Å². The van der Waals surface area contributed by atoms with Crippen molar-refractivity contribution in [3.05, 3.63) is 64.7 Å². The van der Waals surface area contributed by atoms with E-state index in [1.165, 1.54) is 24.3 Å². The van der Waals surface area contributed by atoms with Gasteiger partial charge in [0.25, 0.3) is 5.91 Å². The summed E-state index contributed by atoms with van der Waals surface area (Å²) in [5.74, 6) is -0.766. The van der Waals surface area contributed by atoms with Gasteiger partial charge < -0.3 is 5.32 Å². The van der Waals surface area contributed by atoms with Gasteiger partial charge in [0, 0.05) is 0 Å². The fourth-order valence-electron chi connectivity index (χ4n) is 2.04. The number of nitrogens with one attached hydrogen (secondary N) is 1. The number of sulfone groups is 1. The first-order valence-corrected chi connectivity index (χ1v) is 10.0. The van der Waals surface area contributed by atoms with E-state index in [0.29, 0.717) is 0 Å². The van der Waals surface area contributed by atoms with Gasteiger partial charge in [0.15, 0.2) is 5.37 Å². The summed E-state index contributed by atoms with van der Waals surface area (Å²) in [6.07, 6.45) is 0. The summed E-state index contributed by atoms with van der Waals surface area (Å²) >= 11 is 23.5. The Morgan fingerprint density at radius 1 is 1.04 bits per heavy atom. The van der Waals surface area contributed by atoms with Crippen molar-refractivity contribution >= 4 is 62.1 Å². The van der Waals surface area contributed by atoms with Crippen LogP contribution in [0.1, 0.15) is 15.9 Å². The Morgan fingerprint density at radius 3 is 2.12 bits per heavy atom. The first kappa shape index (κ1) is 20.3. The van der Waals surface area contributed by atoms with E-state index in [2.05, 4.69) is 5.32 Å². The molecule has 0 aliphatic rings. The zero-order valence-electron chi connectivity index (χ0n) is 12.8. The Balaban J connectivity index is 2.42. The van der Waals surface area contributed by atoms with Crippen molar-refractivity contribution in [3.63, 3.8) is 0 Å². The minimum Gasteiger partial charge on any atom is -0.332 e. The molecule has 0 heterocycles. The van der Waals surface area contributed by atoms with Crippen LogP contribution in [0.4, 0.5) is 0 Å². The maximum absolute atomic E-state index is 12.8. The summed E-state index contributed by atoms with van der Waals surface area (Å²) in [5.41, 5.74) is 0.937. The van der Waals surface area contributed by atoms with Gasteiger partial charge >= 0.3 is 0 Å². The molecule has 2 rings (SSSR count). The Morgan fingerprint density at radius 2 is 1.60 bits per heavy atom. The second-order valence-electron chi connectivity index (χ2n) is 5.23. The van der Waals surface area contributed by atoms with Crippen molar-refractivity contribution < 1.29 is 13.2 Å². The molecule has 1 amide bonds. The van der Waals surface area contributed by atoms with Crippen LogP contribution in [0, 0.1) is 6.92 Å². The number of hydrogen-bond acceptors (Lipinski definition) is 3. The molecule has 25 heavy (non-hydrogen) atoms. The Bertz CT molecular complexity index is 877. The molecule has 0 spiro atoms. The lowest BCUT2D eigenvalue weighted by molar-refractivity contribution is 0.0948. The highest BCUT2D eigenvalue weighted by Gasteiger charge is 2.44. The first-order valence-electron chi connectivity index (χ1n) is 6.96. The predicted octanol–water partition coefficient (Wildman–Crippen LogP) is 4.55. The molecule has 4 nitrogen and oxygen atoms in total. The fraction of sp³-hybridized carbons (Fsp3) is 0.188. The first-order chi connectivity index (χ1) is 11.5. The third-order valence-corrected chi connectivity index (χ3v) is 6.73. The van der Waals surface area contributed by atoms with E-state index in [-0.39, 0.29) is 15.5 Å². The number of benzene rings is 2. The average molecular weight is 441 g/mol. The molecule has 1 N–H and O–H groups in total. The molecule has 9 heteroatoms. The summed E-state index contributed by atoms with van der Waals surface area (Å²) in [5, 5.41) is 0.614. The van der Waals surface area contributed by atoms with E-state index in [9.17, 15) is 13.2 Å². The van der Waals surface area contributed by atoms with Gasteiger partial charge in [-0.3, -0.25) is 4.79 Å². The van der Waals surface area contributed by atoms with Crippen LogP contribution in [0.5, 0.6) is 0 Å². The zero-order valence-corrected chi connectivity index (χ0v) is 16.7. The third kappa shape index (κ3) is 4.80. The van der Waals surface area contributed by atoms with E-state index in [0.717, 1.165) is 5.56 Å². The largest absolute Gasteiger partial charge is 0.332 e. The quantitative estimate of drug-likeness (QED) is 0.709. The van der Waals surface area contributed by atoms with Gasteiger partial charge in [0.05, 0.1) is 15.5 Å². The SMILES string of the molecule is Cc1ccc(S(=O)(=O)[C@H](NC(=O)c2ccccc2Cl)C(Cl)(Cl)Cl)cc1. The van der Waals surface area contributed by atoms with Crippen LogP contribution in [0.25, 0.3) is 0 Å². The molecule has 0 aromatic heterocycles. The molecule has 1 atom stereocenters. The van der Waals surface area contributed by atoms with Gasteiger partial charge in [0.1, 0.15) is 0 Å². The summed E-state index contributed by atoms with van der Waals surface area (Å²) < 4.78 is 23.4. The molecule has 0 radical (unpaired) electrons. The Kier molecular flexibility index (Phi) is 6.28. The highest BCUT2D eigenvalue weighted by Crippen LogP contribution is 2.36. The van der Waals surface area contributed by atoms with Crippen LogP contribution in [0.3, 0.4) is 0 Å². The summed E-state index contributed by atoms with van der Waals surface area (Å²) in [4.78, 5) is 12.3. The number of halogens is 4. The third-order valence-electron chi connectivity index (χ3n) is 3.34. The second-order valence-corrected chi connectivity index (χ2v) is 10.0. The Hall–Kier alpha value is -0.980. The topological polar surface area (TPSA) is 63.2 Å². The number of carbonyl (C=O) groups is 1. The van der Waals surface area contributed by atoms with E-state index in [4.69, 9.17) is 46.4 Å². The highest BCUT2D eigenvalue weighted by atomic mass is 35.6. The predicted molar refractivity (Wildman–Crippen MR) is 101 cm³/mol. The van der Waals surface area contributed by atoms with Gasteiger partial charge in [0.2, 0.25) is 13.6 Å². The highest BCUT2D eigenvalue weighted by molar-refractivity contribution is 7.92. The number of rotatable bonds is 4. The van der Waals surface area contributed by atoms with E-state index >= 15 is 0 Å². The van der Waals surface area contributed by atoms with Crippen LogP contribution in [-0.2, 0) is 9.84 Å². The van der Waals surface area contributed by atoms with E-state index in [1.54, 1.807) is 24.3 Å². The molecule has 0 unspecified atom stereocenters. The molecule has 0 aliphatic heterocycles. The molecule has 0 bridgehead atoms. The van der Waals surface area contributed by atoms with Crippen molar-refractivity contribution in [2.75, 3.05) is 0 Å². The van der Waals surface area contributed by atoms with Crippen molar-refractivity contribution in [2.24, 2.45) is 0 Å². The van der Waals surface area contributed by atoms with Crippen molar-refractivity contribution in [1.29, 1.82) is 0 Å². The molecule has 2 aromatic carbocycles. The molecule has 0 fully saturated rings. The summed E-state index contributed by atoms with van der Waals surface area (Å²) in [6, 6.07) is 12.1. The number of carbonyl (C=O) groups excluding carboxylic acids is 1. The van der Waals surface area contributed by atoms with E-state index < -0.39 is 24.9 Å². The lowest BCUT2D eigenvalue weighted by Gasteiger charge is -2.25. The maximum atomic E-state index is 12.8. The van der Waals surface area contributed by atoms with Gasteiger partial charge in [-0.05, 0) is 31.2 Å². The van der Waals surface area contributed by atoms with Crippen molar-refractivity contribution in [3.8, 4) is 0 Å². The van der Waals surface area contributed by atoms with Crippen LogP contribution in [0.2, 0.25) is 5.02 Å². The average Bonchev–Trinajstić information content (AvgIpc) is 2.52. The molecular formula is C16H13Cl4NO3S. The zero-order chi connectivity index (χ0) is 18.8. The standard InChI is InChI=1S/C16H13Cl4NO3S/c1-10-6-8-11(9-7-10)25(23,24)15(16(18,19)20)21-14(22)12-4-2-3-5-13(12)17/h2-9,15H,1H3,(H,21,22)/t15-/m0/s1. The monoisotopic (exact) mass is 439 g/mol. The molecule has 0 saturated carbocycles. The second kappa shape index (κ2) is 7.72. The maximum Gasteiger partial charge on any atom is 0.253 e. The van der Waals surface area contributed by atoms with Gasteiger partial charge in [-0.2, -0.15) is 0 Å². The normalized spacial score (nSPS) is 13.3. The van der Waals surface area contributed by atoms with Crippen molar-refractivity contribution in [2.45, 2.75) is 21.0 Å². The van der Waals surface area contributed by atoms with Crippen molar-refractivity contribution in [1.82, 2.24) is 5.32 Å². The molecule has 2 aromatic rings. The van der Waals surface area contributed by atoms with Crippen LogP contribution < -0.4 is 5.32 Å². The Labute approximate surface area is 165 Å². The molecule has 134 valence electrons. The lowest BCUT2D eigenvalue weighted by atomic mass is 10.2. The van der Waals surface area contributed by atoms with E-state index in [1.807, 2.05) is 6.92 Å². The molecular weight excluding hydrogens is 428 g/mol. The summed E-state index contributed by atoms with van der Waals surface area (Å²) in [7, 11) is -4.16. The van der Waals surface area contributed by atoms with Crippen LogP contribution >= 0.6 is 46.4 Å². The number of alkyl halides is 3. The minimum atomic E-state index is -4.16. The minimum absolute atomic E-state index is 0.0718. The number of hydrogen-bond donors (Lipinski definition) is 1. The smallest absolute Gasteiger partial charge is 0.253 e. The molecule has 0 aliphatic carbocycles. The summed E-state index contributed by atoms with van der Waals surface area (Å²) in [6.45, 7) is 1.81. The van der Waals surface area contributed by atoms with Gasteiger partial charge in [-0.1, -0.05) is 76.2 Å². The fourth-order valence-corrected chi connectivity index (χ4v) is 4.88. The lowest BCUT2D eigenvalue weighted by Crippen LogP contribution is -2.49. The molecule has 0 saturated heterocycles. The van der Waals surface area contributed by atoms with Gasteiger partial charge in [-0.25, -0.2) is 8.42 Å². The number of amides is 1. The number of aryl methyl sites for hydroxylation is 1. The van der Waals surface area contributed by atoms with Gasteiger partial charge in [-0.15, -0.1) is 0 Å².